The highest BCUT2D eigenvalue weighted by Gasteiger charge is 2.35. The van der Waals surface area contributed by atoms with Gasteiger partial charge in [-0.1, -0.05) is 0 Å². The number of hydrogen-bond donors (Lipinski definition) is 1. The summed E-state index contributed by atoms with van der Waals surface area (Å²) in [6, 6.07) is 0.716. The van der Waals surface area contributed by atoms with Crippen LogP contribution in [0.15, 0.2) is 0 Å². The summed E-state index contributed by atoms with van der Waals surface area (Å²) in [6.45, 7) is 4.40. The Morgan fingerprint density at radius 1 is 1.24 bits per heavy atom. The zero-order valence-electron chi connectivity index (χ0n) is 10.2. The van der Waals surface area contributed by atoms with Gasteiger partial charge < -0.3 is 4.90 Å². The van der Waals surface area contributed by atoms with E-state index in [-0.39, 0.29) is 6.04 Å². The molecule has 3 aliphatic rings. The normalized spacial score (nSPS) is 34.7. The van der Waals surface area contributed by atoms with Gasteiger partial charge in [0.2, 0.25) is 5.91 Å². The van der Waals surface area contributed by atoms with Crippen LogP contribution in [0.5, 0.6) is 0 Å². The minimum absolute atomic E-state index is 0.0809. The number of carbonyl (C=O) groups excluding carboxylic acids is 1. The van der Waals surface area contributed by atoms with Crippen molar-refractivity contribution in [3.63, 3.8) is 0 Å². The third kappa shape index (κ3) is 2.46. The summed E-state index contributed by atoms with van der Waals surface area (Å²) >= 11 is 1.83. The van der Waals surface area contributed by atoms with Crippen LogP contribution in [0.25, 0.3) is 0 Å². The Morgan fingerprint density at radius 3 is 2.76 bits per heavy atom. The van der Waals surface area contributed by atoms with Crippen LogP contribution in [0.4, 0.5) is 0 Å². The molecule has 0 aromatic rings. The summed E-state index contributed by atoms with van der Waals surface area (Å²) in [7, 11) is 0. The van der Waals surface area contributed by atoms with Crippen molar-refractivity contribution >= 4 is 17.7 Å². The number of nitrogens with one attached hydrogen (secondary N) is 1. The number of hydrogen-bond acceptors (Lipinski definition) is 4. The maximum absolute atomic E-state index is 12.2. The zero-order chi connectivity index (χ0) is 11.7. The van der Waals surface area contributed by atoms with Gasteiger partial charge in [0.05, 0.1) is 6.04 Å². The van der Waals surface area contributed by atoms with Gasteiger partial charge in [-0.2, -0.15) is 0 Å². The number of thioether (sulfide) groups is 1. The summed E-state index contributed by atoms with van der Waals surface area (Å²) < 4.78 is 0. The average molecular weight is 255 g/mol. The van der Waals surface area contributed by atoms with E-state index < -0.39 is 0 Å². The van der Waals surface area contributed by atoms with Crippen molar-refractivity contribution in [3.8, 4) is 0 Å². The van der Waals surface area contributed by atoms with Crippen LogP contribution in [-0.2, 0) is 4.79 Å². The fourth-order valence-corrected chi connectivity index (χ4v) is 4.05. The molecular formula is C12H21N3OS. The summed E-state index contributed by atoms with van der Waals surface area (Å²) in [5.41, 5.74) is 0. The highest BCUT2D eigenvalue weighted by molar-refractivity contribution is 7.99. The third-order valence-corrected chi connectivity index (χ3v) is 5.09. The largest absolute Gasteiger partial charge is 0.340 e. The van der Waals surface area contributed by atoms with Crippen LogP contribution in [0.1, 0.15) is 19.3 Å². The first-order chi connectivity index (χ1) is 8.34. The van der Waals surface area contributed by atoms with E-state index in [1.165, 1.54) is 32.4 Å². The molecule has 2 atom stereocenters. The Morgan fingerprint density at radius 2 is 2.06 bits per heavy atom. The van der Waals surface area contributed by atoms with Crippen molar-refractivity contribution in [3.05, 3.63) is 0 Å². The molecule has 0 aromatic carbocycles. The van der Waals surface area contributed by atoms with Gasteiger partial charge in [-0.15, -0.1) is 11.8 Å². The van der Waals surface area contributed by atoms with E-state index >= 15 is 0 Å². The molecule has 0 spiro atoms. The van der Waals surface area contributed by atoms with E-state index in [2.05, 4.69) is 15.1 Å². The Balaban J connectivity index is 1.54. The van der Waals surface area contributed by atoms with Gasteiger partial charge in [0.25, 0.3) is 0 Å². The molecule has 3 aliphatic heterocycles. The molecule has 17 heavy (non-hydrogen) atoms. The first-order valence-electron chi connectivity index (χ1n) is 6.68. The van der Waals surface area contributed by atoms with E-state index in [1.54, 1.807) is 0 Å². The van der Waals surface area contributed by atoms with E-state index in [9.17, 15) is 4.79 Å². The minimum Gasteiger partial charge on any atom is -0.340 e. The van der Waals surface area contributed by atoms with Crippen LogP contribution in [0.2, 0.25) is 0 Å². The van der Waals surface area contributed by atoms with Crippen molar-refractivity contribution in [2.75, 3.05) is 37.8 Å². The fraction of sp³-hybridized carbons (Fsp3) is 0.917. The smallest absolute Gasteiger partial charge is 0.240 e. The molecule has 5 heteroatoms. The lowest BCUT2D eigenvalue weighted by Gasteiger charge is -2.24. The predicted octanol–water partition coefficient (Wildman–Crippen LogP) is 0.346. The molecular weight excluding hydrogens is 234 g/mol. The molecule has 0 bridgehead atoms. The molecule has 96 valence electrons. The van der Waals surface area contributed by atoms with Crippen LogP contribution in [-0.4, -0.2) is 65.6 Å². The molecule has 0 aromatic heterocycles. The average Bonchev–Trinajstić information content (AvgIpc) is 3.09. The molecule has 3 fully saturated rings. The van der Waals surface area contributed by atoms with Crippen molar-refractivity contribution in [2.45, 2.75) is 31.3 Å². The minimum atomic E-state index is 0.0809. The summed E-state index contributed by atoms with van der Waals surface area (Å²) in [5, 5.41) is 3.28. The van der Waals surface area contributed by atoms with Gasteiger partial charge in [0.1, 0.15) is 0 Å². The highest BCUT2D eigenvalue weighted by atomic mass is 32.2. The van der Waals surface area contributed by atoms with Gasteiger partial charge in [-0.25, -0.2) is 0 Å². The maximum Gasteiger partial charge on any atom is 0.240 e. The number of amides is 1. The number of likely N-dealkylation sites (tertiary alicyclic amines) is 2. The molecule has 0 aliphatic carbocycles. The molecule has 3 heterocycles. The first-order valence-corrected chi connectivity index (χ1v) is 7.84. The fourth-order valence-electron chi connectivity index (χ4n) is 3.12. The zero-order valence-corrected chi connectivity index (χ0v) is 11.0. The lowest BCUT2D eigenvalue weighted by atomic mass is 10.2. The van der Waals surface area contributed by atoms with Crippen LogP contribution in [0.3, 0.4) is 0 Å². The first kappa shape index (κ1) is 11.8. The molecule has 0 saturated carbocycles. The van der Waals surface area contributed by atoms with Crippen molar-refractivity contribution < 1.29 is 4.79 Å². The summed E-state index contributed by atoms with van der Waals surface area (Å²) in [6.07, 6.45) is 3.85. The number of rotatable bonds is 2. The Hall–Kier alpha value is -0.260. The molecule has 3 saturated heterocycles. The molecule has 1 N–H and O–H groups in total. The van der Waals surface area contributed by atoms with Gasteiger partial charge >= 0.3 is 0 Å². The lowest BCUT2D eigenvalue weighted by molar-refractivity contribution is -0.131. The van der Waals surface area contributed by atoms with Gasteiger partial charge in [-0.3, -0.25) is 15.0 Å². The second-order valence-electron chi connectivity index (χ2n) is 5.24. The van der Waals surface area contributed by atoms with Crippen LogP contribution < -0.4 is 5.32 Å². The SMILES string of the molecule is O=C(C1CSCN1)N1CCC(N2CCCC2)C1. The van der Waals surface area contributed by atoms with Crippen LogP contribution in [0, 0.1) is 0 Å². The summed E-state index contributed by atoms with van der Waals surface area (Å²) in [4.78, 5) is 16.9. The molecule has 4 nitrogen and oxygen atoms in total. The Bertz CT molecular complexity index is 287. The molecule has 1 amide bonds. The maximum atomic E-state index is 12.2. The number of carbonyl (C=O) groups is 1. The molecule has 0 radical (unpaired) electrons. The van der Waals surface area contributed by atoms with Gasteiger partial charge in [0, 0.05) is 30.8 Å². The summed E-state index contributed by atoms with van der Waals surface area (Å²) in [5.74, 6) is 2.21. The second-order valence-corrected chi connectivity index (χ2v) is 6.27. The standard InChI is InChI=1S/C12H21N3OS/c16-12(11-8-17-9-13-11)15-6-3-10(7-15)14-4-1-2-5-14/h10-11,13H,1-9H2. The highest BCUT2D eigenvalue weighted by Crippen LogP contribution is 2.22. The Kier molecular flexibility index (Phi) is 3.59. The quantitative estimate of drug-likeness (QED) is 0.772. The van der Waals surface area contributed by atoms with Crippen molar-refractivity contribution in [2.24, 2.45) is 0 Å². The topological polar surface area (TPSA) is 35.6 Å². The third-order valence-electron chi connectivity index (χ3n) is 4.15. The monoisotopic (exact) mass is 255 g/mol. The van der Waals surface area contributed by atoms with E-state index in [1.807, 2.05) is 11.8 Å². The van der Waals surface area contributed by atoms with Gasteiger partial charge in [0.15, 0.2) is 0 Å². The Labute approximate surface area is 107 Å². The number of nitrogens with zero attached hydrogens (tertiary/aromatic N) is 2. The lowest BCUT2D eigenvalue weighted by Crippen LogP contribution is -2.45. The van der Waals surface area contributed by atoms with Gasteiger partial charge in [-0.05, 0) is 32.4 Å². The van der Waals surface area contributed by atoms with E-state index in [4.69, 9.17) is 0 Å². The van der Waals surface area contributed by atoms with Crippen molar-refractivity contribution in [1.29, 1.82) is 0 Å². The predicted molar refractivity (Wildman–Crippen MR) is 70.0 cm³/mol. The van der Waals surface area contributed by atoms with E-state index in [0.29, 0.717) is 11.9 Å². The van der Waals surface area contributed by atoms with Crippen LogP contribution >= 0.6 is 11.8 Å². The van der Waals surface area contributed by atoms with E-state index in [0.717, 1.165) is 24.7 Å². The second kappa shape index (κ2) is 5.16. The molecule has 3 rings (SSSR count). The van der Waals surface area contributed by atoms with Crippen molar-refractivity contribution in [1.82, 2.24) is 15.1 Å². The molecule has 2 unspecified atom stereocenters.